The minimum Gasteiger partial charge on any atom is -0.497 e. The minimum absolute atomic E-state index is 0.798. The molecule has 0 bridgehead atoms. The van der Waals surface area contributed by atoms with Crippen molar-refractivity contribution in [3.05, 3.63) is 73.1 Å². The van der Waals surface area contributed by atoms with Crippen LogP contribution in [0.15, 0.2) is 67.3 Å². The molecule has 130 valence electrons. The number of methoxy groups -OCH3 is 1. The van der Waals surface area contributed by atoms with Crippen molar-refractivity contribution in [3.8, 4) is 28.5 Å². The van der Waals surface area contributed by atoms with Crippen LogP contribution in [0.2, 0.25) is 0 Å². The molecule has 6 heteroatoms. The first-order chi connectivity index (χ1) is 12.8. The number of nitrogens with zero attached hydrogens (tertiary/aromatic N) is 5. The molecule has 2 aromatic heterocycles. The number of hydrogen-bond acceptors (Lipinski definition) is 4. The highest BCUT2D eigenvalue weighted by Crippen LogP contribution is 2.25. The van der Waals surface area contributed by atoms with E-state index in [2.05, 4.69) is 50.9 Å². The van der Waals surface area contributed by atoms with E-state index in [0.29, 0.717) is 0 Å². The molecule has 0 fully saturated rings. The molecule has 0 radical (unpaired) electrons. The van der Waals surface area contributed by atoms with E-state index >= 15 is 0 Å². The van der Waals surface area contributed by atoms with E-state index in [9.17, 15) is 0 Å². The van der Waals surface area contributed by atoms with Gasteiger partial charge in [0.05, 0.1) is 13.4 Å². The van der Waals surface area contributed by atoms with Gasteiger partial charge in [-0.05, 0) is 48.5 Å². The Morgan fingerprint density at radius 2 is 1.65 bits per heavy atom. The maximum atomic E-state index is 5.26. The highest BCUT2D eigenvalue weighted by Gasteiger charge is 2.14. The summed E-state index contributed by atoms with van der Waals surface area (Å²) in [6.07, 6.45) is 6.27. The molecule has 0 saturated heterocycles. The second-order valence-electron chi connectivity index (χ2n) is 5.84. The number of ether oxygens (including phenoxy) is 1. The second-order valence-corrected chi connectivity index (χ2v) is 5.84. The summed E-state index contributed by atoms with van der Waals surface area (Å²) in [6.45, 7) is 2.08. The summed E-state index contributed by atoms with van der Waals surface area (Å²) in [7, 11) is 1.67. The first-order valence-corrected chi connectivity index (χ1v) is 8.47. The summed E-state index contributed by atoms with van der Waals surface area (Å²) in [5.74, 6) is 2.57. The standard InChI is InChI=1S/C20H19N5O/c1-3-19-22-23-20(25(19)17-8-10-18(26-2)11-9-17)15-4-6-16(7-5-15)24-13-12-21-14-24/h4-14H,3H2,1-2H3. The number of hydrogen-bond donors (Lipinski definition) is 0. The van der Waals surface area contributed by atoms with Crippen molar-refractivity contribution in [1.29, 1.82) is 0 Å². The summed E-state index contributed by atoms with van der Waals surface area (Å²) in [5.41, 5.74) is 3.08. The Morgan fingerprint density at radius 3 is 2.27 bits per heavy atom. The Morgan fingerprint density at radius 1 is 0.923 bits per heavy atom. The van der Waals surface area contributed by atoms with E-state index in [-0.39, 0.29) is 0 Å². The van der Waals surface area contributed by atoms with Crippen LogP contribution in [-0.2, 0) is 6.42 Å². The van der Waals surface area contributed by atoms with E-state index in [0.717, 1.165) is 40.8 Å². The zero-order valence-corrected chi connectivity index (χ0v) is 14.7. The number of aryl methyl sites for hydroxylation is 1. The molecule has 4 aromatic rings. The Labute approximate surface area is 151 Å². The van der Waals surface area contributed by atoms with Crippen molar-refractivity contribution in [1.82, 2.24) is 24.3 Å². The molecule has 2 heterocycles. The van der Waals surface area contributed by atoms with E-state index in [4.69, 9.17) is 4.74 Å². The molecule has 0 spiro atoms. The fourth-order valence-electron chi connectivity index (χ4n) is 2.93. The van der Waals surface area contributed by atoms with Crippen LogP contribution in [0.5, 0.6) is 5.75 Å². The molecule has 4 rings (SSSR count). The lowest BCUT2D eigenvalue weighted by atomic mass is 10.2. The largest absolute Gasteiger partial charge is 0.497 e. The summed E-state index contributed by atoms with van der Waals surface area (Å²) in [5, 5.41) is 8.80. The van der Waals surface area contributed by atoms with Gasteiger partial charge in [-0.2, -0.15) is 0 Å². The van der Waals surface area contributed by atoms with Crippen LogP contribution in [0.3, 0.4) is 0 Å². The van der Waals surface area contributed by atoms with Gasteiger partial charge in [-0.1, -0.05) is 6.92 Å². The third-order valence-corrected chi connectivity index (χ3v) is 4.30. The normalized spacial score (nSPS) is 10.8. The predicted molar refractivity (Wildman–Crippen MR) is 99.8 cm³/mol. The topological polar surface area (TPSA) is 57.8 Å². The van der Waals surface area contributed by atoms with E-state index < -0.39 is 0 Å². The molecule has 0 amide bonds. The van der Waals surface area contributed by atoms with Crippen LogP contribution in [0.4, 0.5) is 0 Å². The van der Waals surface area contributed by atoms with E-state index in [1.165, 1.54) is 0 Å². The van der Waals surface area contributed by atoms with Crippen LogP contribution in [0, 0.1) is 0 Å². The lowest BCUT2D eigenvalue weighted by Crippen LogP contribution is -2.02. The molecule has 0 N–H and O–H groups in total. The smallest absolute Gasteiger partial charge is 0.168 e. The summed E-state index contributed by atoms with van der Waals surface area (Å²) < 4.78 is 9.32. The monoisotopic (exact) mass is 345 g/mol. The van der Waals surface area contributed by atoms with Crippen molar-refractivity contribution < 1.29 is 4.74 Å². The molecule has 0 unspecified atom stereocenters. The van der Waals surface area contributed by atoms with Crippen molar-refractivity contribution in [2.45, 2.75) is 13.3 Å². The van der Waals surface area contributed by atoms with Gasteiger partial charge in [-0.15, -0.1) is 10.2 Å². The number of rotatable bonds is 5. The summed E-state index contributed by atoms with van der Waals surface area (Å²) >= 11 is 0. The molecule has 0 atom stereocenters. The van der Waals surface area contributed by atoms with Gasteiger partial charge in [0.15, 0.2) is 5.82 Å². The maximum Gasteiger partial charge on any atom is 0.168 e. The van der Waals surface area contributed by atoms with Gasteiger partial charge in [0.2, 0.25) is 0 Å². The predicted octanol–water partition coefficient (Wildman–Crippen LogP) is 3.69. The fourth-order valence-corrected chi connectivity index (χ4v) is 2.93. The van der Waals surface area contributed by atoms with Crippen LogP contribution >= 0.6 is 0 Å². The molecule has 0 saturated carbocycles. The summed E-state index contributed by atoms with van der Waals surface area (Å²) in [6, 6.07) is 16.1. The van der Waals surface area contributed by atoms with Crippen LogP contribution in [0.1, 0.15) is 12.7 Å². The van der Waals surface area contributed by atoms with Crippen molar-refractivity contribution in [2.75, 3.05) is 7.11 Å². The Bertz CT molecular complexity index is 986. The number of aromatic nitrogens is 5. The molecular formula is C20H19N5O. The van der Waals surface area contributed by atoms with Gasteiger partial charge in [0.25, 0.3) is 0 Å². The number of benzene rings is 2. The highest BCUT2D eigenvalue weighted by atomic mass is 16.5. The zero-order valence-electron chi connectivity index (χ0n) is 14.7. The highest BCUT2D eigenvalue weighted by molar-refractivity contribution is 5.60. The Kier molecular flexibility index (Phi) is 4.23. The third kappa shape index (κ3) is 2.86. The SMILES string of the molecule is CCc1nnc(-c2ccc(-n3ccnc3)cc2)n1-c1ccc(OC)cc1. The van der Waals surface area contributed by atoms with Gasteiger partial charge < -0.3 is 9.30 Å². The van der Waals surface area contributed by atoms with Gasteiger partial charge in [0, 0.05) is 35.8 Å². The van der Waals surface area contributed by atoms with Crippen molar-refractivity contribution >= 4 is 0 Å². The van der Waals surface area contributed by atoms with Gasteiger partial charge >= 0.3 is 0 Å². The van der Waals surface area contributed by atoms with Crippen LogP contribution in [-0.4, -0.2) is 31.4 Å². The fraction of sp³-hybridized carbons (Fsp3) is 0.150. The number of imidazole rings is 1. The lowest BCUT2D eigenvalue weighted by Gasteiger charge is -2.11. The molecule has 0 aliphatic rings. The van der Waals surface area contributed by atoms with Crippen molar-refractivity contribution in [2.24, 2.45) is 0 Å². The van der Waals surface area contributed by atoms with Gasteiger partial charge in [-0.25, -0.2) is 4.98 Å². The molecule has 0 aliphatic carbocycles. The van der Waals surface area contributed by atoms with Crippen LogP contribution < -0.4 is 4.74 Å². The van der Waals surface area contributed by atoms with E-state index in [1.54, 1.807) is 19.6 Å². The van der Waals surface area contributed by atoms with Crippen molar-refractivity contribution in [3.63, 3.8) is 0 Å². The average Bonchev–Trinajstić information content (AvgIpc) is 3.38. The zero-order chi connectivity index (χ0) is 17.9. The first kappa shape index (κ1) is 16.1. The molecule has 26 heavy (non-hydrogen) atoms. The lowest BCUT2D eigenvalue weighted by molar-refractivity contribution is 0.414. The van der Waals surface area contributed by atoms with Gasteiger partial charge in [-0.3, -0.25) is 4.57 Å². The average molecular weight is 345 g/mol. The quantitative estimate of drug-likeness (QED) is 0.553. The van der Waals surface area contributed by atoms with E-state index in [1.807, 2.05) is 35.0 Å². The first-order valence-electron chi connectivity index (χ1n) is 8.47. The molecule has 6 nitrogen and oxygen atoms in total. The van der Waals surface area contributed by atoms with Crippen LogP contribution in [0.25, 0.3) is 22.8 Å². The Balaban J connectivity index is 1.76. The Hall–Kier alpha value is -3.41. The third-order valence-electron chi connectivity index (χ3n) is 4.30. The molecule has 0 aliphatic heterocycles. The molecule has 2 aromatic carbocycles. The maximum absolute atomic E-state index is 5.26. The van der Waals surface area contributed by atoms with Gasteiger partial charge in [0.1, 0.15) is 11.6 Å². The minimum atomic E-state index is 0.798. The summed E-state index contributed by atoms with van der Waals surface area (Å²) in [4.78, 5) is 4.09. The second kappa shape index (κ2) is 6.84. The molecular weight excluding hydrogens is 326 g/mol.